The normalized spacial score (nSPS) is 19.2. The molecule has 2 aliphatic rings. The number of hydrogen-bond acceptors (Lipinski definition) is 2. The van der Waals surface area contributed by atoms with Crippen molar-refractivity contribution in [2.75, 3.05) is 13.1 Å². The van der Waals surface area contributed by atoms with Gasteiger partial charge in [0.2, 0.25) is 4.77 Å². The van der Waals surface area contributed by atoms with E-state index < -0.39 is 0 Å². The quantitative estimate of drug-likeness (QED) is 0.650. The van der Waals surface area contributed by atoms with Crippen LogP contribution < -0.4 is 4.90 Å². The summed E-state index contributed by atoms with van der Waals surface area (Å²) in [4.78, 5) is 1.42. The molecule has 0 spiro atoms. The summed E-state index contributed by atoms with van der Waals surface area (Å²) >= 11 is 5.75. The molecule has 1 aliphatic carbocycles. The molecule has 4 nitrogen and oxygen atoms in total. The first-order valence-corrected chi connectivity index (χ1v) is 10.6. The van der Waals surface area contributed by atoms with Crippen LogP contribution in [0, 0.1) is 10.6 Å². The zero-order valence-electron chi connectivity index (χ0n) is 16.2. The Morgan fingerprint density at radius 2 is 1.83 bits per heavy atom. The summed E-state index contributed by atoms with van der Waals surface area (Å²) < 4.78 is 19.1. The first-order chi connectivity index (χ1) is 14.2. The van der Waals surface area contributed by atoms with Crippen LogP contribution in [0.15, 0.2) is 60.7 Å². The Morgan fingerprint density at radius 1 is 1.07 bits per heavy atom. The molecule has 0 saturated heterocycles. The van der Waals surface area contributed by atoms with E-state index in [1.54, 1.807) is 12.1 Å². The summed E-state index contributed by atoms with van der Waals surface area (Å²) in [6.45, 7) is 2.68. The summed E-state index contributed by atoms with van der Waals surface area (Å²) in [6.07, 6.45) is 5.53. The number of quaternary nitrogens is 1. The minimum absolute atomic E-state index is 0.248. The van der Waals surface area contributed by atoms with Gasteiger partial charge in [-0.15, -0.1) is 5.10 Å². The van der Waals surface area contributed by atoms with Crippen LogP contribution in [0.25, 0.3) is 17.0 Å². The lowest BCUT2D eigenvalue weighted by Gasteiger charge is -2.23. The van der Waals surface area contributed by atoms with E-state index in [9.17, 15) is 4.39 Å². The largest absolute Gasteiger partial charge is 0.313 e. The van der Waals surface area contributed by atoms with E-state index in [2.05, 4.69) is 41.0 Å². The van der Waals surface area contributed by atoms with Gasteiger partial charge in [-0.1, -0.05) is 42.5 Å². The highest BCUT2D eigenvalue weighted by Crippen LogP contribution is 2.38. The van der Waals surface area contributed by atoms with Crippen LogP contribution in [0.5, 0.6) is 0 Å². The Morgan fingerprint density at radius 3 is 2.52 bits per heavy atom. The molecule has 1 saturated carbocycles. The summed E-state index contributed by atoms with van der Waals surface area (Å²) in [5.74, 6) is 0.412. The predicted molar refractivity (Wildman–Crippen MR) is 114 cm³/mol. The zero-order valence-corrected chi connectivity index (χ0v) is 17.0. The Hall–Kier alpha value is -2.57. The number of nitrogens with one attached hydrogen (secondary N) is 1. The van der Waals surface area contributed by atoms with Crippen LogP contribution >= 0.6 is 12.2 Å². The van der Waals surface area contributed by atoms with E-state index in [1.807, 2.05) is 10.7 Å². The first-order valence-electron chi connectivity index (χ1n) is 10.2. The molecular formula is C23H24FN4S+. The molecule has 0 radical (unpaired) electrons. The summed E-state index contributed by atoms with van der Waals surface area (Å²) in [7, 11) is 0. The molecule has 29 heavy (non-hydrogen) atoms. The number of halogens is 1. The van der Waals surface area contributed by atoms with Gasteiger partial charge in [0.05, 0.1) is 18.7 Å². The van der Waals surface area contributed by atoms with Crippen LogP contribution in [-0.4, -0.2) is 27.4 Å². The van der Waals surface area contributed by atoms with Crippen molar-refractivity contribution in [3.05, 3.63) is 76.8 Å². The summed E-state index contributed by atoms with van der Waals surface area (Å²) in [5, 5.41) is 4.77. The van der Waals surface area contributed by atoms with E-state index >= 15 is 0 Å². The molecule has 148 valence electrons. The van der Waals surface area contributed by atoms with Gasteiger partial charge in [-0.2, -0.15) is 4.68 Å². The van der Waals surface area contributed by atoms with Crippen molar-refractivity contribution >= 4 is 17.8 Å². The standard InChI is InChI=1S/C23H23FN4S/c24-21-9-5-4-8-20(21)22-25-27(23(29)28(22)19-10-11-19)16-26-14-12-18(13-15-26)17-6-2-1-3-7-17/h1-9,12,19H,10-11,13-16H2/p+1. The van der Waals surface area contributed by atoms with Crippen molar-refractivity contribution in [1.82, 2.24) is 14.3 Å². The van der Waals surface area contributed by atoms with Crippen molar-refractivity contribution in [2.24, 2.45) is 0 Å². The topological polar surface area (TPSA) is 27.2 Å². The third kappa shape index (κ3) is 3.70. The van der Waals surface area contributed by atoms with E-state index in [1.165, 1.54) is 22.1 Å². The van der Waals surface area contributed by atoms with Gasteiger partial charge in [0.15, 0.2) is 12.5 Å². The Kier molecular flexibility index (Phi) is 4.89. The third-order valence-electron chi connectivity index (χ3n) is 5.80. The van der Waals surface area contributed by atoms with Crippen LogP contribution in [0.1, 0.15) is 30.9 Å². The predicted octanol–water partition coefficient (Wildman–Crippen LogP) is 3.88. The van der Waals surface area contributed by atoms with Gasteiger partial charge in [-0.3, -0.25) is 4.57 Å². The number of rotatable bonds is 5. The molecule has 0 amide bonds. The molecule has 5 rings (SSSR count). The molecule has 1 aliphatic heterocycles. The van der Waals surface area contributed by atoms with Gasteiger partial charge < -0.3 is 4.90 Å². The monoisotopic (exact) mass is 407 g/mol. The lowest BCUT2D eigenvalue weighted by molar-refractivity contribution is -0.918. The molecule has 1 N–H and O–H groups in total. The van der Waals surface area contributed by atoms with E-state index in [-0.39, 0.29) is 5.82 Å². The van der Waals surface area contributed by atoms with Gasteiger partial charge in [0.25, 0.3) is 0 Å². The zero-order chi connectivity index (χ0) is 19.8. The Labute approximate surface area is 174 Å². The minimum Gasteiger partial charge on any atom is -0.313 e. The summed E-state index contributed by atoms with van der Waals surface area (Å²) in [6, 6.07) is 17.8. The molecule has 1 unspecified atom stereocenters. The molecule has 1 fully saturated rings. The van der Waals surface area contributed by atoms with Crippen molar-refractivity contribution in [2.45, 2.75) is 32.0 Å². The van der Waals surface area contributed by atoms with Crippen molar-refractivity contribution in [3.63, 3.8) is 0 Å². The number of hydrogen-bond donors (Lipinski definition) is 1. The number of aromatic nitrogens is 3. The fourth-order valence-electron chi connectivity index (χ4n) is 4.06. The first kappa shape index (κ1) is 18.5. The molecular weight excluding hydrogens is 383 g/mol. The molecule has 0 bridgehead atoms. The van der Waals surface area contributed by atoms with Gasteiger partial charge in [-0.25, -0.2) is 4.39 Å². The second kappa shape index (κ2) is 7.69. The second-order valence-corrected chi connectivity index (χ2v) is 8.26. The minimum atomic E-state index is -0.248. The lowest BCUT2D eigenvalue weighted by atomic mass is 10.00. The van der Waals surface area contributed by atoms with E-state index in [4.69, 9.17) is 17.3 Å². The highest BCUT2D eigenvalue weighted by Gasteiger charge is 2.30. The fraction of sp³-hybridized carbons (Fsp3) is 0.304. The highest BCUT2D eigenvalue weighted by molar-refractivity contribution is 7.71. The van der Waals surface area contributed by atoms with Crippen molar-refractivity contribution in [3.8, 4) is 11.4 Å². The Balaban J connectivity index is 1.40. The molecule has 1 atom stereocenters. The molecule has 2 aromatic carbocycles. The fourth-order valence-corrected chi connectivity index (χ4v) is 4.41. The SMILES string of the molecule is Fc1ccccc1-c1nn(C[NH+]2CC=C(c3ccccc3)CC2)c(=S)n1C1CC1. The smallest absolute Gasteiger partial charge is 0.203 e. The highest BCUT2D eigenvalue weighted by atomic mass is 32.1. The van der Waals surface area contributed by atoms with Crippen LogP contribution in [0.3, 0.4) is 0 Å². The second-order valence-electron chi connectivity index (χ2n) is 7.89. The third-order valence-corrected chi connectivity index (χ3v) is 6.21. The Bertz CT molecular complexity index is 1110. The van der Waals surface area contributed by atoms with Gasteiger partial charge >= 0.3 is 0 Å². The van der Waals surface area contributed by atoms with Crippen molar-refractivity contribution < 1.29 is 9.29 Å². The maximum atomic E-state index is 14.4. The number of benzene rings is 2. The maximum absolute atomic E-state index is 14.4. The van der Waals surface area contributed by atoms with Gasteiger partial charge in [0.1, 0.15) is 5.82 Å². The van der Waals surface area contributed by atoms with Gasteiger partial charge in [0, 0.05) is 12.5 Å². The molecule has 6 heteroatoms. The van der Waals surface area contributed by atoms with Gasteiger partial charge in [-0.05, 0) is 54.4 Å². The lowest BCUT2D eigenvalue weighted by Crippen LogP contribution is -3.11. The van der Waals surface area contributed by atoms with E-state index in [0.717, 1.165) is 32.4 Å². The average molecular weight is 408 g/mol. The summed E-state index contributed by atoms with van der Waals surface area (Å²) in [5.41, 5.74) is 3.25. The maximum Gasteiger partial charge on any atom is 0.203 e. The molecule has 3 aromatic rings. The van der Waals surface area contributed by atoms with Crippen LogP contribution in [0.2, 0.25) is 0 Å². The van der Waals surface area contributed by atoms with Crippen molar-refractivity contribution in [1.29, 1.82) is 0 Å². The van der Waals surface area contributed by atoms with Crippen LogP contribution in [-0.2, 0) is 6.67 Å². The molecule has 1 aromatic heterocycles. The number of nitrogens with zero attached hydrogens (tertiary/aromatic N) is 3. The molecule has 2 heterocycles. The van der Waals surface area contributed by atoms with Crippen LogP contribution in [0.4, 0.5) is 4.39 Å². The van der Waals surface area contributed by atoms with E-state index in [0.29, 0.717) is 28.9 Å². The average Bonchev–Trinajstić information content (AvgIpc) is 3.54.